The number of aromatic hydroxyl groups is 1. The van der Waals surface area contributed by atoms with E-state index in [1.54, 1.807) is 38.3 Å². The van der Waals surface area contributed by atoms with Crippen LogP contribution in [0.2, 0.25) is 0 Å². The minimum absolute atomic E-state index is 0.00466. The highest BCUT2D eigenvalue weighted by atomic mass is 16.6. The van der Waals surface area contributed by atoms with Gasteiger partial charge in [0.15, 0.2) is 5.75 Å². The molecule has 2 aromatic carbocycles. The van der Waals surface area contributed by atoms with Crippen molar-refractivity contribution in [1.29, 1.82) is 5.26 Å². The number of hydrogen-bond acceptors (Lipinski definition) is 6. The molecule has 2 rings (SSSR count). The first kappa shape index (κ1) is 17.8. The Labute approximate surface area is 144 Å². The summed E-state index contributed by atoms with van der Waals surface area (Å²) in [5, 5.41) is 30.4. The lowest BCUT2D eigenvalue weighted by molar-refractivity contribution is -0.386. The van der Waals surface area contributed by atoms with Crippen LogP contribution < -0.4 is 9.47 Å². The van der Waals surface area contributed by atoms with Gasteiger partial charge in [-0.1, -0.05) is 0 Å². The summed E-state index contributed by atoms with van der Waals surface area (Å²) in [6, 6.07) is 11.6. The van der Waals surface area contributed by atoms with Crippen molar-refractivity contribution in [2.24, 2.45) is 0 Å². The van der Waals surface area contributed by atoms with E-state index in [2.05, 4.69) is 6.07 Å². The molecule has 2 aromatic rings. The van der Waals surface area contributed by atoms with Crippen LogP contribution in [0.3, 0.4) is 0 Å². The number of methoxy groups -OCH3 is 1. The molecular formula is C18H16N2O5. The van der Waals surface area contributed by atoms with Crippen molar-refractivity contribution in [3.63, 3.8) is 0 Å². The van der Waals surface area contributed by atoms with E-state index >= 15 is 0 Å². The van der Waals surface area contributed by atoms with Gasteiger partial charge >= 0.3 is 5.69 Å². The van der Waals surface area contributed by atoms with E-state index in [1.165, 1.54) is 18.2 Å². The summed E-state index contributed by atoms with van der Waals surface area (Å²) < 4.78 is 10.3. The molecule has 0 fully saturated rings. The van der Waals surface area contributed by atoms with Gasteiger partial charge in [0.1, 0.15) is 5.75 Å². The van der Waals surface area contributed by atoms with E-state index in [4.69, 9.17) is 9.47 Å². The predicted octanol–water partition coefficient (Wildman–Crippen LogP) is 3.77. The summed E-state index contributed by atoms with van der Waals surface area (Å²) in [6.07, 6.45) is 1.50. The first-order valence-electron chi connectivity index (χ1n) is 7.40. The highest BCUT2D eigenvalue weighted by molar-refractivity contribution is 5.90. The van der Waals surface area contributed by atoms with E-state index in [0.29, 0.717) is 22.4 Å². The van der Waals surface area contributed by atoms with Gasteiger partial charge in [-0.15, -0.1) is 0 Å². The number of hydrogen-bond donors (Lipinski definition) is 1. The van der Waals surface area contributed by atoms with Gasteiger partial charge in [-0.3, -0.25) is 10.1 Å². The van der Waals surface area contributed by atoms with Crippen LogP contribution in [0.15, 0.2) is 36.4 Å². The maximum atomic E-state index is 11.1. The summed E-state index contributed by atoms with van der Waals surface area (Å²) >= 11 is 0. The lowest BCUT2D eigenvalue weighted by Gasteiger charge is -2.08. The van der Waals surface area contributed by atoms with Crippen LogP contribution in [0.4, 0.5) is 5.69 Å². The molecule has 0 aliphatic rings. The second-order valence-electron chi connectivity index (χ2n) is 4.98. The van der Waals surface area contributed by atoms with Crippen LogP contribution in [0.25, 0.3) is 11.6 Å². The van der Waals surface area contributed by atoms with Gasteiger partial charge in [-0.25, -0.2) is 0 Å². The number of nitro benzene ring substituents is 1. The molecule has 0 aromatic heterocycles. The number of nitriles is 1. The Hall–Kier alpha value is -3.53. The molecule has 0 saturated carbocycles. The van der Waals surface area contributed by atoms with E-state index < -0.39 is 16.4 Å². The molecule has 0 spiro atoms. The summed E-state index contributed by atoms with van der Waals surface area (Å²) in [5.74, 6) is 0.113. The molecule has 7 nitrogen and oxygen atoms in total. The molecule has 0 unspecified atom stereocenters. The number of ether oxygens (including phenoxy) is 2. The average molecular weight is 340 g/mol. The van der Waals surface area contributed by atoms with Gasteiger partial charge < -0.3 is 14.6 Å². The summed E-state index contributed by atoms with van der Waals surface area (Å²) in [6.45, 7) is 1.94. The smallest absolute Gasteiger partial charge is 0.315 e. The van der Waals surface area contributed by atoms with Crippen molar-refractivity contribution >= 4 is 17.3 Å². The van der Waals surface area contributed by atoms with Gasteiger partial charge in [0.2, 0.25) is 5.75 Å². The summed E-state index contributed by atoms with van der Waals surface area (Å²) in [5.41, 5.74) is 0.839. The van der Waals surface area contributed by atoms with Crippen molar-refractivity contribution in [3.05, 3.63) is 57.6 Å². The van der Waals surface area contributed by atoms with Crippen LogP contribution >= 0.6 is 0 Å². The highest BCUT2D eigenvalue weighted by Crippen LogP contribution is 2.38. The Morgan fingerprint density at radius 1 is 1.36 bits per heavy atom. The molecule has 0 heterocycles. The molecule has 0 saturated heterocycles. The van der Waals surface area contributed by atoms with E-state index in [1.807, 2.05) is 0 Å². The minimum atomic E-state index is -0.700. The third-order valence-corrected chi connectivity index (χ3v) is 3.41. The number of phenols is 1. The fourth-order valence-corrected chi connectivity index (χ4v) is 2.22. The maximum Gasteiger partial charge on any atom is 0.315 e. The molecule has 1 N–H and O–H groups in total. The van der Waals surface area contributed by atoms with E-state index in [9.17, 15) is 20.5 Å². The zero-order chi connectivity index (χ0) is 18.4. The third-order valence-electron chi connectivity index (χ3n) is 3.41. The number of rotatable bonds is 6. The van der Waals surface area contributed by atoms with Crippen LogP contribution in [0.1, 0.15) is 18.1 Å². The SMILES string of the molecule is CCOc1cc(/C=C(\C#N)c2ccc(OC)cc2)cc([N+](=O)[O-])c1O. The highest BCUT2D eigenvalue weighted by Gasteiger charge is 2.20. The first-order valence-corrected chi connectivity index (χ1v) is 7.40. The second-order valence-corrected chi connectivity index (χ2v) is 4.98. The van der Waals surface area contributed by atoms with Gasteiger partial charge in [-0.05, 0) is 54.5 Å². The number of nitro groups is 1. The number of phenolic OH excluding ortho intramolecular Hbond substituents is 1. The normalized spacial score (nSPS) is 10.8. The van der Waals surface area contributed by atoms with Gasteiger partial charge in [0.25, 0.3) is 0 Å². The Balaban J connectivity index is 2.52. The molecule has 25 heavy (non-hydrogen) atoms. The minimum Gasteiger partial charge on any atom is -0.500 e. The summed E-state index contributed by atoms with van der Waals surface area (Å²) in [4.78, 5) is 10.4. The topological polar surface area (TPSA) is 106 Å². The van der Waals surface area contributed by atoms with Gasteiger partial charge in [-0.2, -0.15) is 5.26 Å². The Morgan fingerprint density at radius 2 is 2.04 bits per heavy atom. The average Bonchev–Trinajstić information content (AvgIpc) is 2.62. The lowest BCUT2D eigenvalue weighted by Crippen LogP contribution is -1.96. The van der Waals surface area contributed by atoms with Crippen molar-refractivity contribution in [3.8, 4) is 23.3 Å². The molecule has 0 bridgehead atoms. The Kier molecular flexibility index (Phi) is 5.58. The molecule has 0 radical (unpaired) electrons. The number of nitrogens with zero attached hydrogens (tertiary/aromatic N) is 2. The fourth-order valence-electron chi connectivity index (χ4n) is 2.22. The molecule has 7 heteroatoms. The third kappa shape index (κ3) is 4.06. The maximum absolute atomic E-state index is 11.1. The van der Waals surface area contributed by atoms with Crippen LogP contribution in [0, 0.1) is 21.4 Å². The lowest BCUT2D eigenvalue weighted by atomic mass is 10.0. The zero-order valence-electron chi connectivity index (χ0n) is 13.7. The monoisotopic (exact) mass is 340 g/mol. The van der Waals surface area contributed by atoms with Crippen LogP contribution in [-0.2, 0) is 0 Å². The Morgan fingerprint density at radius 3 is 2.56 bits per heavy atom. The zero-order valence-corrected chi connectivity index (χ0v) is 13.7. The van der Waals surface area contributed by atoms with Crippen LogP contribution in [0.5, 0.6) is 17.2 Å². The molecule has 0 atom stereocenters. The van der Waals surface area contributed by atoms with E-state index in [0.717, 1.165) is 0 Å². The predicted molar refractivity (Wildman–Crippen MR) is 92.4 cm³/mol. The van der Waals surface area contributed by atoms with Crippen molar-refractivity contribution < 1.29 is 19.5 Å². The first-order chi connectivity index (χ1) is 12.0. The largest absolute Gasteiger partial charge is 0.500 e. The van der Waals surface area contributed by atoms with Crippen molar-refractivity contribution in [2.45, 2.75) is 6.92 Å². The van der Waals surface area contributed by atoms with Crippen molar-refractivity contribution in [2.75, 3.05) is 13.7 Å². The number of allylic oxidation sites excluding steroid dienone is 1. The second kappa shape index (κ2) is 7.84. The molecule has 0 amide bonds. The Bertz CT molecular complexity index is 851. The van der Waals surface area contributed by atoms with Crippen LogP contribution in [-0.4, -0.2) is 23.7 Å². The van der Waals surface area contributed by atoms with Crippen molar-refractivity contribution in [1.82, 2.24) is 0 Å². The molecule has 128 valence electrons. The fraction of sp³-hybridized carbons (Fsp3) is 0.167. The molecular weight excluding hydrogens is 324 g/mol. The molecule has 0 aliphatic heterocycles. The van der Waals surface area contributed by atoms with Gasteiger partial charge in [0, 0.05) is 6.07 Å². The van der Waals surface area contributed by atoms with E-state index in [-0.39, 0.29) is 12.4 Å². The van der Waals surface area contributed by atoms with Gasteiger partial charge in [0.05, 0.1) is 30.3 Å². The standard InChI is InChI=1S/C18H16N2O5/c1-3-25-17-10-12(9-16(18(17)21)20(22)23)8-14(11-19)13-4-6-15(24-2)7-5-13/h4-10,21H,3H2,1-2H3/b14-8+. The summed E-state index contributed by atoms with van der Waals surface area (Å²) in [7, 11) is 1.54. The molecule has 0 aliphatic carbocycles. The quantitative estimate of drug-likeness (QED) is 0.371. The number of benzene rings is 2.